The summed E-state index contributed by atoms with van der Waals surface area (Å²) in [6.45, 7) is 5.70. The summed E-state index contributed by atoms with van der Waals surface area (Å²) in [5.41, 5.74) is 2.21. The predicted molar refractivity (Wildman–Crippen MR) is 105 cm³/mol. The van der Waals surface area contributed by atoms with Crippen LogP contribution in [-0.4, -0.2) is 21.8 Å². The molecule has 0 radical (unpaired) electrons. The highest BCUT2D eigenvalue weighted by Gasteiger charge is 2.44. The van der Waals surface area contributed by atoms with Crippen molar-refractivity contribution in [3.63, 3.8) is 0 Å². The minimum Gasteiger partial charge on any atom is -0.503 e. The molecule has 3 rings (SSSR count). The molecule has 0 bridgehead atoms. The van der Waals surface area contributed by atoms with Gasteiger partial charge in [-0.3, -0.25) is 19.5 Å². The highest BCUT2D eigenvalue weighted by atomic mass is 35.5. The normalized spacial score (nSPS) is 17.1. The summed E-state index contributed by atoms with van der Waals surface area (Å²) in [5.74, 6) is -1.23. The molecular formula is C21H21ClN2O3. The van der Waals surface area contributed by atoms with Crippen molar-refractivity contribution in [2.75, 3.05) is 4.90 Å². The van der Waals surface area contributed by atoms with Gasteiger partial charge in [0.2, 0.25) is 0 Å². The third-order valence-corrected chi connectivity index (χ3v) is 4.79. The van der Waals surface area contributed by atoms with Crippen LogP contribution in [0.1, 0.15) is 37.4 Å². The van der Waals surface area contributed by atoms with Crippen LogP contribution in [-0.2, 0) is 9.59 Å². The van der Waals surface area contributed by atoms with Crippen LogP contribution in [0.15, 0.2) is 54.1 Å². The number of ketones is 1. The first-order chi connectivity index (χ1) is 12.8. The van der Waals surface area contributed by atoms with Crippen molar-refractivity contribution in [3.8, 4) is 0 Å². The van der Waals surface area contributed by atoms with Crippen LogP contribution in [0, 0.1) is 12.8 Å². The Morgan fingerprint density at radius 3 is 2.56 bits per heavy atom. The summed E-state index contributed by atoms with van der Waals surface area (Å²) < 4.78 is 0. The monoisotopic (exact) mass is 384 g/mol. The summed E-state index contributed by atoms with van der Waals surface area (Å²) in [6, 6.07) is 7.98. The Kier molecular flexibility index (Phi) is 5.33. The van der Waals surface area contributed by atoms with E-state index in [1.165, 1.54) is 4.90 Å². The Hall–Kier alpha value is -2.66. The molecule has 27 heavy (non-hydrogen) atoms. The predicted octanol–water partition coefficient (Wildman–Crippen LogP) is 4.56. The van der Waals surface area contributed by atoms with Gasteiger partial charge in [-0.1, -0.05) is 31.5 Å². The molecule has 1 aromatic carbocycles. The molecule has 1 atom stereocenters. The molecule has 0 saturated heterocycles. The maximum absolute atomic E-state index is 13.0. The van der Waals surface area contributed by atoms with E-state index >= 15 is 0 Å². The number of carbonyl (C=O) groups is 2. The van der Waals surface area contributed by atoms with Crippen LogP contribution in [0.4, 0.5) is 5.69 Å². The summed E-state index contributed by atoms with van der Waals surface area (Å²) in [7, 11) is 0. The molecule has 0 aliphatic carbocycles. The van der Waals surface area contributed by atoms with Gasteiger partial charge in [0.25, 0.3) is 5.91 Å². The molecule has 2 heterocycles. The minimum absolute atomic E-state index is 0.105. The van der Waals surface area contributed by atoms with Crippen molar-refractivity contribution in [1.82, 2.24) is 4.98 Å². The van der Waals surface area contributed by atoms with E-state index in [1.54, 1.807) is 42.7 Å². The molecule has 6 heteroatoms. The number of amides is 1. The third kappa shape index (κ3) is 3.60. The molecule has 1 aliphatic rings. The van der Waals surface area contributed by atoms with Crippen LogP contribution >= 0.6 is 11.6 Å². The number of aromatic nitrogens is 1. The van der Waals surface area contributed by atoms with Crippen molar-refractivity contribution >= 4 is 29.0 Å². The zero-order valence-corrected chi connectivity index (χ0v) is 16.2. The topological polar surface area (TPSA) is 70.5 Å². The number of hydrogen-bond acceptors (Lipinski definition) is 4. The number of nitrogens with zero attached hydrogens (tertiary/aromatic N) is 2. The molecule has 5 nitrogen and oxygen atoms in total. The number of hydrogen-bond donors (Lipinski definition) is 1. The van der Waals surface area contributed by atoms with Gasteiger partial charge in [0.1, 0.15) is 0 Å². The van der Waals surface area contributed by atoms with E-state index in [-0.39, 0.29) is 23.7 Å². The summed E-state index contributed by atoms with van der Waals surface area (Å²) >= 11 is 6.15. The second-order valence-electron chi connectivity index (χ2n) is 7.07. The van der Waals surface area contributed by atoms with Crippen molar-refractivity contribution < 1.29 is 14.7 Å². The van der Waals surface area contributed by atoms with E-state index in [0.29, 0.717) is 16.3 Å². The number of aliphatic hydroxyl groups is 1. The molecule has 0 saturated carbocycles. The van der Waals surface area contributed by atoms with Gasteiger partial charge in [-0.2, -0.15) is 0 Å². The average molecular weight is 385 g/mol. The van der Waals surface area contributed by atoms with E-state index in [1.807, 2.05) is 20.8 Å². The van der Waals surface area contributed by atoms with E-state index in [4.69, 9.17) is 11.6 Å². The first kappa shape index (κ1) is 19.1. The highest BCUT2D eigenvalue weighted by molar-refractivity contribution is 6.31. The summed E-state index contributed by atoms with van der Waals surface area (Å²) in [4.78, 5) is 31.3. The lowest BCUT2D eigenvalue weighted by molar-refractivity contribution is -0.118. The van der Waals surface area contributed by atoms with E-state index in [2.05, 4.69) is 4.98 Å². The standard InChI is InChI=1S/C21H21ClN2O3/c1-12(2)10-17(25)18-19(14-6-8-23-9-7-14)24(21(27)20(18)26)16-11-15(22)5-4-13(16)3/h4-9,11-12,19,26H,10H2,1-3H3. The van der Waals surface area contributed by atoms with E-state index in [0.717, 1.165) is 5.56 Å². The number of anilines is 1. The molecule has 2 aromatic rings. The lowest BCUT2D eigenvalue weighted by Crippen LogP contribution is -2.31. The molecule has 1 aliphatic heterocycles. The Balaban J connectivity index is 2.18. The average Bonchev–Trinajstić information content (AvgIpc) is 2.89. The van der Waals surface area contributed by atoms with Gasteiger partial charge in [-0.25, -0.2) is 0 Å². The molecule has 0 spiro atoms. The maximum atomic E-state index is 13.0. The van der Waals surface area contributed by atoms with Gasteiger partial charge in [-0.15, -0.1) is 0 Å². The Labute approximate surface area is 163 Å². The van der Waals surface area contributed by atoms with Gasteiger partial charge < -0.3 is 5.11 Å². The van der Waals surface area contributed by atoms with Crippen LogP contribution in [0.25, 0.3) is 0 Å². The number of Topliss-reactive ketones (excluding diaryl/α,β-unsaturated/α-hetero) is 1. The lowest BCUT2D eigenvalue weighted by Gasteiger charge is -2.28. The van der Waals surface area contributed by atoms with Crippen LogP contribution in [0.2, 0.25) is 5.02 Å². The minimum atomic E-state index is -0.719. The zero-order valence-electron chi connectivity index (χ0n) is 15.4. The van der Waals surface area contributed by atoms with Gasteiger partial charge in [0.15, 0.2) is 11.5 Å². The molecule has 140 valence electrons. The maximum Gasteiger partial charge on any atom is 0.294 e. The first-order valence-corrected chi connectivity index (χ1v) is 9.15. The number of pyridine rings is 1. The molecule has 0 fully saturated rings. The SMILES string of the molecule is Cc1ccc(Cl)cc1N1C(=O)C(O)=C(C(=O)CC(C)C)C1c1ccncc1. The van der Waals surface area contributed by atoms with Crippen LogP contribution < -0.4 is 4.90 Å². The zero-order chi connectivity index (χ0) is 19.7. The van der Waals surface area contributed by atoms with Crippen molar-refractivity contribution in [1.29, 1.82) is 0 Å². The van der Waals surface area contributed by atoms with Gasteiger partial charge in [-0.05, 0) is 48.2 Å². The van der Waals surface area contributed by atoms with E-state index < -0.39 is 17.7 Å². The largest absolute Gasteiger partial charge is 0.503 e. The Morgan fingerprint density at radius 2 is 1.93 bits per heavy atom. The highest BCUT2D eigenvalue weighted by Crippen LogP contribution is 2.43. The fourth-order valence-electron chi connectivity index (χ4n) is 3.32. The second kappa shape index (κ2) is 7.53. The molecular weight excluding hydrogens is 364 g/mol. The quantitative estimate of drug-likeness (QED) is 0.820. The fraction of sp³-hybridized carbons (Fsp3) is 0.286. The van der Waals surface area contributed by atoms with Crippen molar-refractivity contribution in [3.05, 3.63) is 70.2 Å². The van der Waals surface area contributed by atoms with Gasteiger partial charge >= 0.3 is 0 Å². The number of carbonyl (C=O) groups excluding carboxylic acids is 2. The number of aryl methyl sites for hydroxylation is 1. The van der Waals surface area contributed by atoms with Crippen molar-refractivity contribution in [2.45, 2.75) is 33.2 Å². The number of benzene rings is 1. The number of aliphatic hydroxyl groups excluding tert-OH is 1. The first-order valence-electron chi connectivity index (χ1n) is 8.77. The fourth-order valence-corrected chi connectivity index (χ4v) is 3.49. The number of rotatable bonds is 5. The lowest BCUT2D eigenvalue weighted by atomic mass is 9.92. The van der Waals surface area contributed by atoms with Gasteiger partial charge in [0.05, 0.1) is 11.6 Å². The molecule has 1 amide bonds. The van der Waals surface area contributed by atoms with E-state index in [9.17, 15) is 14.7 Å². The summed E-state index contributed by atoms with van der Waals surface area (Å²) in [5, 5.41) is 11.1. The Bertz CT molecular complexity index is 922. The molecule has 1 unspecified atom stereocenters. The van der Waals surface area contributed by atoms with Crippen molar-refractivity contribution in [2.24, 2.45) is 5.92 Å². The van der Waals surface area contributed by atoms with Crippen LogP contribution in [0.5, 0.6) is 0 Å². The third-order valence-electron chi connectivity index (χ3n) is 4.55. The second-order valence-corrected chi connectivity index (χ2v) is 7.51. The molecule has 1 N–H and O–H groups in total. The smallest absolute Gasteiger partial charge is 0.294 e. The summed E-state index contributed by atoms with van der Waals surface area (Å²) in [6.07, 6.45) is 3.45. The Morgan fingerprint density at radius 1 is 1.26 bits per heavy atom. The molecule has 1 aromatic heterocycles. The van der Waals surface area contributed by atoms with Crippen LogP contribution in [0.3, 0.4) is 0 Å². The number of halogens is 1. The van der Waals surface area contributed by atoms with Gasteiger partial charge in [0, 0.05) is 29.5 Å².